The van der Waals surface area contributed by atoms with Gasteiger partial charge in [-0.05, 0) is 36.6 Å². The van der Waals surface area contributed by atoms with Gasteiger partial charge in [-0.1, -0.05) is 42.5 Å². The molecular weight excluding hydrogens is 196 g/mol. The number of benzene rings is 2. The fraction of sp³-hybridized carbons (Fsp3) is 0.200. The van der Waals surface area contributed by atoms with E-state index in [1.54, 1.807) is 0 Å². The molecule has 0 bridgehead atoms. The molecule has 0 atom stereocenters. The zero-order valence-corrected chi connectivity index (χ0v) is 9.52. The first-order chi connectivity index (χ1) is 7.88. The Bertz CT molecular complexity index is 417. The van der Waals surface area contributed by atoms with E-state index in [0.717, 1.165) is 18.8 Å². The van der Waals surface area contributed by atoms with E-state index in [0.29, 0.717) is 0 Å². The molecule has 0 amide bonds. The molecule has 0 aliphatic carbocycles. The van der Waals surface area contributed by atoms with Crippen LogP contribution in [0.5, 0.6) is 5.75 Å². The highest BCUT2D eigenvalue weighted by Gasteiger charge is 1.96. The minimum Gasteiger partial charge on any atom is -0.494 e. The summed E-state index contributed by atoms with van der Waals surface area (Å²) in [5.74, 6) is 0.944. The minimum absolute atomic E-state index is 0.720. The first kappa shape index (κ1) is 10.7. The maximum atomic E-state index is 5.41. The smallest absolute Gasteiger partial charge is 0.119 e. The topological polar surface area (TPSA) is 9.23 Å². The SMILES string of the molecule is CCOc1ccc(Cc2ccccc2)cc1. The second kappa shape index (κ2) is 5.36. The zero-order chi connectivity index (χ0) is 11.2. The highest BCUT2D eigenvalue weighted by molar-refractivity contribution is 5.31. The summed E-state index contributed by atoms with van der Waals surface area (Å²) < 4.78 is 5.41. The van der Waals surface area contributed by atoms with Gasteiger partial charge in [0.1, 0.15) is 5.75 Å². The lowest BCUT2D eigenvalue weighted by Crippen LogP contribution is -1.92. The van der Waals surface area contributed by atoms with Gasteiger partial charge in [0.2, 0.25) is 0 Å². The van der Waals surface area contributed by atoms with Crippen molar-refractivity contribution in [1.29, 1.82) is 0 Å². The molecule has 0 aliphatic rings. The normalized spacial score (nSPS) is 10.1. The van der Waals surface area contributed by atoms with Crippen LogP contribution in [0, 0.1) is 0 Å². The number of hydrogen-bond donors (Lipinski definition) is 0. The van der Waals surface area contributed by atoms with E-state index in [2.05, 4.69) is 36.4 Å². The molecule has 2 rings (SSSR count). The average Bonchev–Trinajstić information content (AvgIpc) is 2.33. The molecule has 1 heteroatoms. The maximum Gasteiger partial charge on any atom is 0.119 e. The van der Waals surface area contributed by atoms with Crippen LogP contribution in [0.2, 0.25) is 0 Å². The molecule has 2 aromatic rings. The van der Waals surface area contributed by atoms with Crippen molar-refractivity contribution in [3.8, 4) is 5.75 Å². The van der Waals surface area contributed by atoms with Crippen molar-refractivity contribution in [2.45, 2.75) is 13.3 Å². The van der Waals surface area contributed by atoms with E-state index in [9.17, 15) is 0 Å². The van der Waals surface area contributed by atoms with E-state index in [1.807, 2.05) is 25.1 Å². The Morgan fingerprint density at radius 2 is 1.44 bits per heavy atom. The van der Waals surface area contributed by atoms with Crippen LogP contribution < -0.4 is 4.74 Å². The van der Waals surface area contributed by atoms with Crippen LogP contribution in [0.15, 0.2) is 54.6 Å². The van der Waals surface area contributed by atoms with Crippen LogP contribution in [-0.2, 0) is 6.42 Å². The third kappa shape index (κ3) is 2.86. The van der Waals surface area contributed by atoms with Gasteiger partial charge in [0, 0.05) is 0 Å². The molecule has 0 radical (unpaired) electrons. The molecule has 0 N–H and O–H groups in total. The number of rotatable bonds is 4. The summed E-state index contributed by atoms with van der Waals surface area (Å²) in [6.07, 6.45) is 0.979. The van der Waals surface area contributed by atoms with E-state index < -0.39 is 0 Å². The second-order valence-electron chi connectivity index (χ2n) is 3.74. The number of hydrogen-bond acceptors (Lipinski definition) is 1. The predicted molar refractivity (Wildman–Crippen MR) is 66.9 cm³/mol. The van der Waals surface area contributed by atoms with Crippen LogP contribution in [0.4, 0.5) is 0 Å². The second-order valence-corrected chi connectivity index (χ2v) is 3.74. The van der Waals surface area contributed by atoms with Gasteiger partial charge in [0.05, 0.1) is 6.61 Å². The van der Waals surface area contributed by atoms with Gasteiger partial charge >= 0.3 is 0 Å². The quantitative estimate of drug-likeness (QED) is 0.751. The Hall–Kier alpha value is -1.76. The summed E-state index contributed by atoms with van der Waals surface area (Å²) >= 11 is 0. The number of ether oxygens (including phenoxy) is 1. The Kier molecular flexibility index (Phi) is 3.60. The van der Waals surface area contributed by atoms with Crippen LogP contribution >= 0.6 is 0 Å². The largest absolute Gasteiger partial charge is 0.494 e. The molecule has 16 heavy (non-hydrogen) atoms. The lowest BCUT2D eigenvalue weighted by atomic mass is 10.1. The fourth-order valence-corrected chi connectivity index (χ4v) is 1.70. The van der Waals surface area contributed by atoms with E-state index >= 15 is 0 Å². The molecule has 0 spiro atoms. The van der Waals surface area contributed by atoms with Gasteiger partial charge in [-0.15, -0.1) is 0 Å². The van der Waals surface area contributed by atoms with Gasteiger partial charge in [-0.2, -0.15) is 0 Å². The van der Waals surface area contributed by atoms with Crippen LogP contribution in [-0.4, -0.2) is 6.61 Å². The van der Waals surface area contributed by atoms with Crippen LogP contribution in [0.1, 0.15) is 18.1 Å². The summed E-state index contributed by atoms with van der Waals surface area (Å²) in [5.41, 5.74) is 2.65. The predicted octanol–water partition coefficient (Wildman–Crippen LogP) is 3.68. The summed E-state index contributed by atoms with van der Waals surface area (Å²) in [7, 11) is 0. The minimum atomic E-state index is 0.720. The van der Waals surface area contributed by atoms with Crippen LogP contribution in [0.3, 0.4) is 0 Å². The molecule has 0 aliphatic heterocycles. The van der Waals surface area contributed by atoms with Crippen molar-refractivity contribution in [2.75, 3.05) is 6.61 Å². The zero-order valence-electron chi connectivity index (χ0n) is 9.52. The van der Waals surface area contributed by atoms with Crippen molar-refractivity contribution < 1.29 is 4.74 Å². The molecule has 0 unspecified atom stereocenters. The van der Waals surface area contributed by atoms with Gasteiger partial charge in [-0.3, -0.25) is 0 Å². The maximum absolute atomic E-state index is 5.41. The summed E-state index contributed by atoms with van der Waals surface area (Å²) in [5, 5.41) is 0. The van der Waals surface area contributed by atoms with Crippen molar-refractivity contribution in [1.82, 2.24) is 0 Å². The Balaban J connectivity index is 2.05. The summed E-state index contributed by atoms with van der Waals surface area (Å²) in [6.45, 7) is 2.72. The van der Waals surface area contributed by atoms with Gasteiger partial charge < -0.3 is 4.74 Å². The van der Waals surface area contributed by atoms with E-state index in [4.69, 9.17) is 4.74 Å². The Labute approximate surface area is 96.7 Å². The highest BCUT2D eigenvalue weighted by atomic mass is 16.5. The molecule has 82 valence electrons. The Morgan fingerprint density at radius 1 is 0.812 bits per heavy atom. The first-order valence-electron chi connectivity index (χ1n) is 5.64. The van der Waals surface area contributed by atoms with Crippen molar-refractivity contribution >= 4 is 0 Å². The molecular formula is C15H16O. The molecule has 0 aromatic heterocycles. The standard InChI is InChI=1S/C15H16O/c1-2-16-15-10-8-14(9-11-15)12-13-6-4-3-5-7-13/h3-11H,2,12H2,1H3. The van der Waals surface area contributed by atoms with Gasteiger partial charge in [0.15, 0.2) is 0 Å². The highest BCUT2D eigenvalue weighted by Crippen LogP contribution is 2.15. The van der Waals surface area contributed by atoms with E-state index in [-0.39, 0.29) is 0 Å². The molecule has 0 saturated heterocycles. The Morgan fingerprint density at radius 3 is 2.06 bits per heavy atom. The molecule has 0 saturated carbocycles. The molecule has 1 nitrogen and oxygen atoms in total. The monoisotopic (exact) mass is 212 g/mol. The third-order valence-corrected chi connectivity index (χ3v) is 2.49. The molecule has 0 fully saturated rings. The van der Waals surface area contributed by atoms with Crippen LogP contribution in [0.25, 0.3) is 0 Å². The van der Waals surface area contributed by atoms with Crippen molar-refractivity contribution in [2.24, 2.45) is 0 Å². The van der Waals surface area contributed by atoms with Gasteiger partial charge in [-0.25, -0.2) is 0 Å². The third-order valence-electron chi connectivity index (χ3n) is 2.49. The first-order valence-corrected chi connectivity index (χ1v) is 5.64. The summed E-state index contributed by atoms with van der Waals surface area (Å²) in [4.78, 5) is 0. The fourth-order valence-electron chi connectivity index (χ4n) is 1.70. The molecule has 2 aromatic carbocycles. The lowest BCUT2D eigenvalue weighted by molar-refractivity contribution is 0.340. The molecule has 0 heterocycles. The summed E-state index contributed by atoms with van der Waals surface area (Å²) in [6, 6.07) is 18.8. The lowest BCUT2D eigenvalue weighted by Gasteiger charge is -2.05. The van der Waals surface area contributed by atoms with Gasteiger partial charge in [0.25, 0.3) is 0 Å². The van der Waals surface area contributed by atoms with E-state index in [1.165, 1.54) is 11.1 Å². The van der Waals surface area contributed by atoms with Crippen molar-refractivity contribution in [3.63, 3.8) is 0 Å². The van der Waals surface area contributed by atoms with Crippen molar-refractivity contribution in [3.05, 3.63) is 65.7 Å². The average molecular weight is 212 g/mol.